The maximum atomic E-state index is 12.7. The Morgan fingerprint density at radius 1 is 0.745 bits per heavy atom. The lowest BCUT2D eigenvalue weighted by Crippen LogP contribution is -2.33. The number of nitrogens with two attached hydrogens (primary N) is 3. The number of carboxylic acid groups (broad SMARTS) is 3. The van der Waals surface area contributed by atoms with Gasteiger partial charge in [-0.3, -0.25) is 14.4 Å². The molecule has 3 aromatic carbocycles. The molecule has 3 aliphatic rings. The molecule has 51 heavy (non-hydrogen) atoms. The van der Waals surface area contributed by atoms with Crippen LogP contribution in [0.25, 0.3) is 11.1 Å². The van der Waals surface area contributed by atoms with Crippen LogP contribution in [-0.2, 0) is 27.2 Å². The Hall–Kier alpha value is -4.20. The predicted octanol–water partition coefficient (Wildman–Crippen LogP) is 3.15. The first-order valence-corrected chi connectivity index (χ1v) is 19.0. The van der Waals surface area contributed by atoms with E-state index in [1.165, 1.54) is 35.3 Å². The van der Waals surface area contributed by atoms with Gasteiger partial charge in [0.1, 0.15) is 17.8 Å². The standard InChI is InChI=1S/C33H38N6O9S3/c34-12-16(31(42)43)14-11-21-25(38-2-5-50-21)27(40)22(14)23-15(10-18(36)33(46)47)29(28(41)26-30(23)51-6-3-39-26)48-19-8-13(7-17(35)32(44)45)9-20-24(19)37-1-4-49-20/h8-9,11,16-18,37-41H,1-7,10,12,34-36H2,(H,42,43)(H,44,45)(H,46,47). The Kier molecular flexibility index (Phi) is 10.9. The monoisotopic (exact) mass is 758 g/mol. The molecule has 0 radical (unpaired) electrons. The summed E-state index contributed by atoms with van der Waals surface area (Å²) in [7, 11) is 0. The van der Waals surface area contributed by atoms with Gasteiger partial charge in [-0.25, -0.2) is 0 Å². The number of phenolic OH excluding ortho intramolecular Hbond substituents is 2. The van der Waals surface area contributed by atoms with Crippen molar-refractivity contribution >= 4 is 70.3 Å². The molecule has 0 saturated heterocycles. The summed E-state index contributed by atoms with van der Waals surface area (Å²) in [6.45, 7) is 1.23. The van der Waals surface area contributed by atoms with E-state index < -0.39 is 42.3 Å². The van der Waals surface area contributed by atoms with Crippen LogP contribution in [0.2, 0.25) is 0 Å². The summed E-state index contributed by atoms with van der Waals surface area (Å²) in [5, 5.41) is 63.6. The number of nitrogens with one attached hydrogen (secondary N) is 3. The first-order chi connectivity index (χ1) is 24.4. The fourth-order valence-electron chi connectivity index (χ4n) is 6.36. The number of fused-ring (bicyclic) bond motifs is 3. The number of rotatable bonds is 12. The van der Waals surface area contributed by atoms with Gasteiger partial charge in [-0.1, -0.05) is 0 Å². The summed E-state index contributed by atoms with van der Waals surface area (Å²) in [6, 6.07) is 2.41. The average Bonchev–Trinajstić information content (AvgIpc) is 3.10. The Labute approximate surface area is 305 Å². The van der Waals surface area contributed by atoms with Crippen LogP contribution in [0.1, 0.15) is 22.6 Å². The van der Waals surface area contributed by atoms with E-state index in [-0.39, 0.29) is 63.9 Å². The molecule has 18 heteroatoms. The lowest BCUT2D eigenvalue weighted by Gasteiger charge is -2.31. The van der Waals surface area contributed by atoms with Crippen LogP contribution in [0, 0.1) is 0 Å². The largest absolute Gasteiger partial charge is 0.505 e. The molecule has 3 heterocycles. The average molecular weight is 759 g/mol. The van der Waals surface area contributed by atoms with Crippen molar-refractivity contribution in [2.24, 2.45) is 17.2 Å². The van der Waals surface area contributed by atoms with Crippen molar-refractivity contribution in [1.82, 2.24) is 0 Å². The number of benzene rings is 3. The number of hydrogen-bond acceptors (Lipinski definition) is 15. The molecule has 3 aliphatic heterocycles. The van der Waals surface area contributed by atoms with Crippen LogP contribution >= 0.6 is 35.3 Å². The number of ether oxygens (including phenoxy) is 1. The summed E-state index contributed by atoms with van der Waals surface area (Å²) < 4.78 is 6.60. The van der Waals surface area contributed by atoms with Crippen molar-refractivity contribution in [3.05, 3.63) is 34.9 Å². The molecule has 0 aromatic heterocycles. The second-order valence-electron chi connectivity index (χ2n) is 12.1. The maximum absolute atomic E-state index is 12.7. The van der Waals surface area contributed by atoms with Crippen molar-refractivity contribution < 1.29 is 44.7 Å². The van der Waals surface area contributed by atoms with Crippen molar-refractivity contribution in [3.8, 4) is 34.1 Å². The second kappa shape index (κ2) is 15.2. The van der Waals surface area contributed by atoms with Crippen LogP contribution in [0.5, 0.6) is 23.0 Å². The first-order valence-electron chi connectivity index (χ1n) is 16.1. The highest BCUT2D eigenvalue weighted by Crippen LogP contribution is 2.58. The molecule has 3 atom stereocenters. The van der Waals surface area contributed by atoms with Gasteiger partial charge in [0.25, 0.3) is 0 Å². The molecular formula is C33H38N6O9S3. The molecule has 3 unspecified atom stereocenters. The molecule has 0 fully saturated rings. The number of carboxylic acids is 3. The number of hydrogen-bond donors (Lipinski definition) is 11. The van der Waals surface area contributed by atoms with Crippen LogP contribution in [-0.4, -0.2) is 99.0 Å². The smallest absolute Gasteiger partial charge is 0.320 e. The first kappa shape index (κ1) is 36.6. The summed E-state index contributed by atoms with van der Waals surface area (Å²) in [6.07, 6.45) is -0.420. The predicted molar refractivity (Wildman–Crippen MR) is 197 cm³/mol. The van der Waals surface area contributed by atoms with Gasteiger partial charge in [-0.15, -0.1) is 35.3 Å². The summed E-state index contributed by atoms with van der Waals surface area (Å²) in [5.41, 5.74) is 20.5. The van der Waals surface area contributed by atoms with Gasteiger partial charge in [0.2, 0.25) is 0 Å². The normalized spacial score (nSPS) is 16.5. The summed E-state index contributed by atoms with van der Waals surface area (Å²) in [4.78, 5) is 38.4. The number of aromatic hydroxyl groups is 2. The molecule has 272 valence electrons. The van der Waals surface area contributed by atoms with Gasteiger partial charge in [0.15, 0.2) is 17.2 Å². The summed E-state index contributed by atoms with van der Waals surface area (Å²) >= 11 is 4.30. The number of aliphatic carboxylic acids is 3. The zero-order valence-electron chi connectivity index (χ0n) is 27.2. The Bertz CT molecular complexity index is 1910. The van der Waals surface area contributed by atoms with E-state index in [0.29, 0.717) is 63.6 Å². The lowest BCUT2D eigenvalue weighted by atomic mass is 9.84. The third kappa shape index (κ3) is 7.16. The van der Waals surface area contributed by atoms with E-state index in [1.807, 2.05) is 6.07 Å². The van der Waals surface area contributed by atoms with E-state index in [9.17, 15) is 39.9 Å². The van der Waals surface area contributed by atoms with E-state index in [1.54, 1.807) is 12.1 Å². The second-order valence-corrected chi connectivity index (χ2v) is 15.5. The van der Waals surface area contributed by atoms with Crippen LogP contribution < -0.4 is 37.9 Å². The highest BCUT2D eigenvalue weighted by molar-refractivity contribution is 8.00. The zero-order valence-corrected chi connectivity index (χ0v) is 29.6. The Morgan fingerprint density at radius 2 is 1.33 bits per heavy atom. The fourth-order valence-corrected chi connectivity index (χ4v) is 9.37. The van der Waals surface area contributed by atoms with E-state index >= 15 is 0 Å². The van der Waals surface area contributed by atoms with Gasteiger partial charge in [-0.05, 0) is 35.7 Å². The minimum atomic E-state index is -1.51. The third-order valence-electron chi connectivity index (χ3n) is 8.76. The van der Waals surface area contributed by atoms with E-state index in [4.69, 9.17) is 21.9 Å². The molecule has 3 aromatic rings. The van der Waals surface area contributed by atoms with Gasteiger partial charge in [0.05, 0.1) is 23.0 Å². The highest BCUT2D eigenvalue weighted by atomic mass is 32.2. The molecule has 0 saturated carbocycles. The van der Waals surface area contributed by atoms with E-state index in [2.05, 4.69) is 16.0 Å². The van der Waals surface area contributed by atoms with Crippen molar-refractivity contribution in [2.75, 3.05) is 59.4 Å². The zero-order chi connectivity index (χ0) is 36.6. The van der Waals surface area contributed by atoms with Crippen LogP contribution in [0.15, 0.2) is 32.9 Å². The third-order valence-corrected chi connectivity index (χ3v) is 11.9. The Morgan fingerprint density at radius 3 is 1.96 bits per heavy atom. The number of anilines is 3. The summed E-state index contributed by atoms with van der Waals surface area (Å²) in [5.74, 6) is -3.67. The molecule has 0 spiro atoms. The molecule has 0 aliphatic carbocycles. The van der Waals surface area contributed by atoms with Gasteiger partial charge in [0, 0.05) is 81.2 Å². The topological polar surface area (TPSA) is 276 Å². The maximum Gasteiger partial charge on any atom is 0.320 e. The molecular weight excluding hydrogens is 721 g/mol. The molecule has 0 bridgehead atoms. The minimum Gasteiger partial charge on any atom is -0.505 e. The number of phenols is 2. The quantitative estimate of drug-likeness (QED) is 0.118. The molecule has 6 rings (SSSR count). The van der Waals surface area contributed by atoms with Crippen LogP contribution in [0.3, 0.4) is 0 Å². The Balaban J connectivity index is 1.68. The minimum absolute atomic E-state index is 0.0249. The van der Waals surface area contributed by atoms with Gasteiger partial charge < -0.3 is 63.4 Å². The lowest BCUT2D eigenvalue weighted by molar-refractivity contribution is -0.139. The van der Waals surface area contributed by atoms with Gasteiger partial charge in [-0.2, -0.15) is 0 Å². The van der Waals surface area contributed by atoms with Crippen molar-refractivity contribution in [1.29, 1.82) is 0 Å². The van der Waals surface area contributed by atoms with Crippen molar-refractivity contribution in [2.45, 2.75) is 45.5 Å². The van der Waals surface area contributed by atoms with Gasteiger partial charge >= 0.3 is 17.9 Å². The SMILES string of the molecule is NCC(C(=O)O)c1cc2c(c(O)c1-c1c(CC(N)C(=O)O)c(Oc3cc(CC(N)C(=O)O)cc4c3NCCS4)c(O)c3c1SCCN3)NCCS2. The highest BCUT2D eigenvalue weighted by Gasteiger charge is 2.36. The molecule has 14 N–H and O–H groups in total. The molecule has 0 amide bonds. The number of thioether (sulfide) groups is 3. The van der Waals surface area contributed by atoms with Crippen LogP contribution in [0.4, 0.5) is 17.1 Å². The number of carbonyl (C=O) groups is 3. The van der Waals surface area contributed by atoms with E-state index in [0.717, 1.165) is 4.90 Å². The van der Waals surface area contributed by atoms with Crippen molar-refractivity contribution in [3.63, 3.8) is 0 Å². The fraction of sp³-hybridized carbons (Fsp3) is 0.364. The molecule has 15 nitrogen and oxygen atoms in total.